The number of rotatable bonds is 0. The smallest absolute Gasteiger partial charge is 0.258 e. The van der Waals surface area contributed by atoms with E-state index in [1.165, 1.54) is 6.33 Å². The van der Waals surface area contributed by atoms with Gasteiger partial charge in [-0.05, 0) is 18.6 Å². The summed E-state index contributed by atoms with van der Waals surface area (Å²) in [7, 11) is 0. The summed E-state index contributed by atoms with van der Waals surface area (Å²) in [5, 5.41) is 0.502. The molecule has 14 heavy (non-hydrogen) atoms. The van der Waals surface area contributed by atoms with Crippen molar-refractivity contribution >= 4 is 32.5 Å². The predicted octanol–water partition coefficient (Wildman–Crippen LogP) is 1.58. The Labute approximate surface area is 88.3 Å². The maximum absolute atomic E-state index is 11.4. The first kappa shape index (κ1) is 9.21. The third-order valence-electron chi connectivity index (χ3n) is 2.18. The van der Waals surface area contributed by atoms with Crippen molar-refractivity contribution in [2.45, 2.75) is 6.92 Å². The van der Waals surface area contributed by atoms with Crippen LogP contribution in [0.2, 0.25) is 0 Å². The van der Waals surface area contributed by atoms with Gasteiger partial charge >= 0.3 is 0 Å². The molecule has 0 radical (unpaired) electrons. The molecule has 0 saturated carbocycles. The summed E-state index contributed by atoms with van der Waals surface area (Å²) in [6.07, 6.45) is 1.36. The largest absolute Gasteiger partial charge is 0.397 e. The normalized spacial score (nSPS) is 10.7. The minimum absolute atomic E-state index is 0.178. The Bertz CT molecular complexity index is 562. The summed E-state index contributed by atoms with van der Waals surface area (Å²) < 4.78 is 0.820. The van der Waals surface area contributed by atoms with Crippen LogP contribution in [0.4, 0.5) is 5.69 Å². The van der Waals surface area contributed by atoms with Crippen LogP contribution in [0, 0.1) is 6.92 Å². The Hall–Kier alpha value is -1.36. The Kier molecular flexibility index (Phi) is 2.03. The van der Waals surface area contributed by atoms with Crippen LogP contribution in [-0.2, 0) is 0 Å². The number of halogens is 1. The van der Waals surface area contributed by atoms with Crippen molar-refractivity contribution in [2.75, 3.05) is 5.73 Å². The second-order valence-corrected chi connectivity index (χ2v) is 3.88. The third kappa shape index (κ3) is 1.21. The van der Waals surface area contributed by atoms with Gasteiger partial charge in [-0.2, -0.15) is 0 Å². The molecule has 1 heterocycles. The molecule has 0 aliphatic carbocycles. The molecule has 0 fully saturated rings. The van der Waals surface area contributed by atoms with Crippen LogP contribution in [0.25, 0.3) is 10.9 Å². The topological polar surface area (TPSA) is 71.8 Å². The van der Waals surface area contributed by atoms with E-state index >= 15 is 0 Å². The van der Waals surface area contributed by atoms with Gasteiger partial charge in [0.25, 0.3) is 5.56 Å². The Morgan fingerprint density at radius 1 is 1.57 bits per heavy atom. The summed E-state index contributed by atoms with van der Waals surface area (Å²) >= 11 is 3.34. The molecule has 5 heteroatoms. The zero-order valence-electron chi connectivity index (χ0n) is 7.47. The van der Waals surface area contributed by atoms with Gasteiger partial charge in [-0.1, -0.05) is 15.9 Å². The van der Waals surface area contributed by atoms with Crippen molar-refractivity contribution in [2.24, 2.45) is 0 Å². The molecule has 1 aromatic heterocycles. The minimum atomic E-state index is -0.178. The molecule has 0 spiro atoms. The molecule has 2 rings (SSSR count). The molecule has 0 unspecified atom stereocenters. The van der Waals surface area contributed by atoms with Gasteiger partial charge in [0.2, 0.25) is 0 Å². The number of anilines is 1. The van der Waals surface area contributed by atoms with Gasteiger partial charge in [-0.3, -0.25) is 4.79 Å². The van der Waals surface area contributed by atoms with Gasteiger partial charge < -0.3 is 10.7 Å². The summed E-state index contributed by atoms with van der Waals surface area (Å²) in [4.78, 5) is 18.0. The molecule has 2 aromatic rings. The fourth-order valence-corrected chi connectivity index (χ4v) is 1.74. The molecule has 72 valence electrons. The highest BCUT2D eigenvalue weighted by molar-refractivity contribution is 9.10. The molecule has 4 nitrogen and oxygen atoms in total. The highest BCUT2D eigenvalue weighted by Crippen LogP contribution is 2.27. The van der Waals surface area contributed by atoms with Crippen LogP contribution in [0.5, 0.6) is 0 Å². The summed E-state index contributed by atoms with van der Waals surface area (Å²) in [5.41, 5.74) is 7.66. The first-order valence-electron chi connectivity index (χ1n) is 4.03. The summed E-state index contributed by atoms with van der Waals surface area (Å²) in [6.45, 7) is 1.88. The zero-order chi connectivity index (χ0) is 10.3. The number of nitrogens with two attached hydrogens (primary N) is 1. The molecule has 0 aliphatic heterocycles. The van der Waals surface area contributed by atoms with Gasteiger partial charge in [0.1, 0.15) is 5.52 Å². The van der Waals surface area contributed by atoms with E-state index in [9.17, 15) is 4.79 Å². The number of H-pyrrole nitrogens is 1. The van der Waals surface area contributed by atoms with E-state index in [0.29, 0.717) is 16.6 Å². The minimum Gasteiger partial charge on any atom is -0.397 e. The second kappa shape index (κ2) is 3.09. The van der Waals surface area contributed by atoms with E-state index in [1.54, 1.807) is 6.07 Å². The van der Waals surface area contributed by atoms with Crippen LogP contribution >= 0.6 is 15.9 Å². The molecule has 0 bridgehead atoms. The van der Waals surface area contributed by atoms with Crippen molar-refractivity contribution in [1.82, 2.24) is 9.97 Å². The SMILES string of the molecule is Cc1c(Br)cc2c(=O)[nH]cnc2c1N. The van der Waals surface area contributed by atoms with Gasteiger partial charge in [-0.15, -0.1) is 0 Å². The lowest BCUT2D eigenvalue weighted by Crippen LogP contribution is -2.08. The first-order valence-corrected chi connectivity index (χ1v) is 4.82. The molecule has 1 aromatic carbocycles. The van der Waals surface area contributed by atoms with Gasteiger partial charge in [0.05, 0.1) is 17.4 Å². The first-order chi connectivity index (χ1) is 6.61. The Balaban J connectivity index is 3.06. The van der Waals surface area contributed by atoms with Crippen LogP contribution < -0.4 is 11.3 Å². The fraction of sp³-hybridized carbons (Fsp3) is 0.111. The lowest BCUT2D eigenvalue weighted by molar-refractivity contribution is 1.17. The van der Waals surface area contributed by atoms with Crippen molar-refractivity contribution in [3.8, 4) is 0 Å². The quantitative estimate of drug-likeness (QED) is 0.701. The average molecular weight is 254 g/mol. The van der Waals surface area contributed by atoms with Gasteiger partial charge in [-0.25, -0.2) is 4.98 Å². The molecule has 0 atom stereocenters. The number of nitrogens with zero attached hydrogens (tertiary/aromatic N) is 1. The maximum atomic E-state index is 11.4. The molecule has 0 amide bonds. The monoisotopic (exact) mass is 253 g/mol. The van der Waals surface area contributed by atoms with E-state index in [4.69, 9.17) is 5.73 Å². The third-order valence-corrected chi connectivity index (χ3v) is 3.00. The predicted molar refractivity (Wildman–Crippen MR) is 59.2 cm³/mol. The molecular weight excluding hydrogens is 246 g/mol. The molecular formula is C9H8BrN3O. The molecule has 0 aliphatic rings. The maximum Gasteiger partial charge on any atom is 0.258 e. The Morgan fingerprint density at radius 3 is 3.00 bits per heavy atom. The zero-order valence-corrected chi connectivity index (χ0v) is 9.05. The summed E-state index contributed by atoms with van der Waals surface area (Å²) in [6, 6.07) is 1.73. The van der Waals surface area contributed by atoms with Gasteiger partial charge in [0.15, 0.2) is 0 Å². The highest BCUT2D eigenvalue weighted by atomic mass is 79.9. The van der Waals surface area contributed by atoms with E-state index in [0.717, 1.165) is 10.0 Å². The standard InChI is InChI=1S/C9H8BrN3O/c1-4-6(10)2-5-8(7(4)11)12-3-13-9(5)14/h2-3H,11H2,1H3,(H,12,13,14). The van der Waals surface area contributed by atoms with Crippen LogP contribution in [-0.4, -0.2) is 9.97 Å². The van der Waals surface area contributed by atoms with Crippen LogP contribution in [0.15, 0.2) is 21.7 Å². The number of nitrogens with one attached hydrogen (secondary N) is 1. The van der Waals surface area contributed by atoms with E-state index in [1.807, 2.05) is 6.92 Å². The second-order valence-electron chi connectivity index (χ2n) is 3.02. The summed E-state index contributed by atoms with van der Waals surface area (Å²) in [5.74, 6) is 0. The Morgan fingerprint density at radius 2 is 2.29 bits per heavy atom. The van der Waals surface area contributed by atoms with Crippen LogP contribution in [0.1, 0.15) is 5.56 Å². The number of hydrogen-bond acceptors (Lipinski definition) is 3. The van der Waals surface area contributed by atoms with Gasteiger partial charge in [0, 0.05) is 4.47 Å². The van der Waals surface area contributed by atoms with Crippen molar-refractivity contribution in [1.29, 1.82) is 0 Å². The lowest BCUT2D eigenvalue weighted by Gasteiger charge is -2.05. The number of nitrogen functional groups attached to an aromatic ring is 1. The van der Waals surface area contributed by atoms with Crippen molar-refractivity contribution in [3.63, 3.8) is 0 Å². The lowest BCUT2D eigenvalue weighted by atomic mass is 10.1. The van der Waals surface area contributed by atoms with Crippen molar-refractivity contribution < 1.29 is 0 Å². The average Bonchev–Trinajstić information content (AvgIpc) is 2.17. The number of aromatic nitrogens is 2. The van der Waals surface area contributed by atoms with E-state index < -0.39 is 0 Å². The number of fused-ring (bicyclic) bond motifs is 1. The highest BCUT2D eigenvalue weighted by Gasteiger charge is 2.08. The van der Waals surface area contributed by atoms with E-state index in [-0.39, 0.29) is 5.56 Å². The number of hydrogen-bond donors (Lipinski definition) is 2. The molecule has 0 saturated heterocycles. The van der Waals surface area contributed by atoms with E-state index in [2.05, 4.69) is 25.9 Å². The number of benzene rings is 1. The number of aromatic amines is 1. The van der Waals surface area contributed by atoms with Crippen LogP contribution in [0.3, 0.4) is 0 Å². The van der Waals surface area contributed by atoms with Crippen molar-refractivity contribution in [3.05, 3.63) is 32.8 Å². The fourth-order valence-electron chi connectivity index (χ4n) is 1.30. The molecule has 3 N–H and O–H groups in total.